The molecule has 0 atom stereocenters. The van der Waals surface area contributed by atoms with Crippen LogP contribution in [0.25, 0.3) is 0 Å². The van der Waals surface area contributed by atoms with Gasteiger partial charge >= 0.3 is 12.8 Å². The third kappa shape index (κ3) is 5.21. The number of alkyl halides is 5. The van der Waals surface area contributed by atoms with Crippen LogP contribution in [0, 0.1) is 0 Å². The molecule has 19 heavy (non-hydrogen) atoms. The van der Waals surface area contributed by atoms with Crippen molar-refractivity contribution in [1.29, 1.82) is 0 Å². The van der Waals surface area contributed by atoms with Crippen LogP contribution in [0.4, 0.5) is 22.0 Å². The van der Waals surface area contributed by atoms with Gasteiger partial charge in [0.2, 0.25) is 0 Å². The standard InChI is InChI=1S/C11H10F5NO2/c12-10(13)19-6-5-17-9(18)7-1-3-8(4-2-7)11(14,15)16/h1-4,10H,5-6H2,(H,17,18). The van der Waals surface area contributed by atoms with Gasteiger partial charge in [-0.1, -0.05) is 0 Å². The summed E-state index contributed by atoms with van der Waals surface area (Å²) in [5.41, 5.74) is -0.866. The maximum Gasteiger partial charge on any atom is 0.416 e. The average molecular weight is 283 g/mol. The first-order chi connectivity index (χ1) is 8.80. The predicted octanol–water partition coefficient (Wildman–Crippen LogP) is 2.67. The van der Waals surface area contributed by atoms with E-state index in [-0.39, 0.29) is 18.7 Å². The molecule has 1 amide bonds. The van der Waals surface area contributed by atoms with Crippen LogP contribution in [0.2, 0.25) is 0 Å². The normalized spacial score (nSPS) is 11.7. The molecular formula is C11H10F5NO2. The molecular weight excluding hydrogens is 273 g/mol. The van der Waals surface area contributed by atoms with Crippen LogP contribution in [-0.2, 0) is 10.9 Å². The van der Waals surface area contributed by atoms with Gasteiger partial charge in [0.05, 0.1) is 12.2 Å². The molecule has 0 saturated heterocycles. The molecule has 1 rings (SSSR count). The summed E-state index contributed by atoms with van der Waals surface area (Å²) in [7, 11) is 0. The summed E-state index contributed by atoms with van der Waals surface area (Å²) in [6.07, 6.45) is -4.47. The zero-order chi connectivity index (χ0) is 14.5. The van der Waals surface area contributed by atoms with E-state index >= 15 is 0 Å². The van der Waals surface area contributed by atoms with E-state index in [2.05, 4.69) is 10.1 Å². The highest BCUT2D eigenvalue weighted by atomic mass is 19.4. The van der Waals surface area contributed by atoms with Crippen molar-refractivity contribution in [2.24, 2.45) is 0 Å². The lowest BCUT2D eigenvalue weighted by molar-refractivity contribution is -0.137. The molecule has 0 fully saturated rings. The average Bonchev–Trinajstić information content (AvgIpc) is 2.33. The van der Waals surface area contributed by atoms with E-state index in [0.717, 1.165) is 24.3 Å². The third-order valence-corrected chi connectivity index (χ3v) is 2.11. The van der Waals surface area contributed by atoms with Crippen LogP contribution in [0.1, 0.15) is 15.9 Å². The Bertz CT molecular complexity index is 416. The molecule has 1 N–H and O–H groups in total. The van der Waals surface area contributed by atoms with Crippen LogP contribution in [0.5, 0.6) is 0 Å². The van der Waals surface area contributed by atoms with Crippen LogP contribution in [0.3, 0.4) is 0 Å². The van der Waals surface area contributed by atoms with E-state index in [0.29, 0.717) is 0 Å². The lowest BCUT2D eigenvalue weighted by atomic mass is 10.1. The first kappa shape index (κ1) is 15.4. The topological polar surface area (TPSA) is 38.3 Å². The number of rotatable bonds is 5. The number of hydrogen-bond donors (Lipinski definition) is 1. The van der Waals surface area contributed by atoms with Gasteiger partial charge in [0.1, 0.15) is 0 Å². The minimum atomic E-state index is -4.47. The van der Waals surface area contributed by atoms with Crippen molar-refractivity contribution in [3.8, 4) is 0 Å². The second kappa shape index (κ2) is 6.46. The molecule has 0 bridgehead atoms. The minimum Gasteiger partial charge on any atom is -0.350 e. The van der Waals surface area contributed by atoms with E-state index in [1.54, 1.807) is 0 Å². The number of amides is 1. The van der Waals surface area contributed by atoms with E-state index in [1.807, 2.05) is 0 Å². The minimum absolute atomic E-state index is 0.00467. The van der Waals surface area contributed by atoms with E-state index < -0.39 is 24.3 Å². The molecule has 0 saturated carbocycles. The third-order valence-electron chi connectivity index (χ3n) is 2.11. The Morgan fingerprint density at radius 1 is 1.21 bits per heavy atom. The van der Waals surface area contributed by atoms with E-state index in [9.17, 15) is 26.7 Å². The van der Waals surface area contributed by atoms with Gasteiger partial charge in [-0.05, 0) is 24.3 Å². The van der Waals surface area contributed by atoms with Crippen molar-refractivity contribution >= 4 is 5.91 Å². The van der Waals surface area contributed by atoms with Crippen molar-refractivity contribution in [1.82, 2.24) is 5.32 Å². The lowest BCUT2D eigenvalue weighted by Gasteiger charge is -2.08. The molecule has 0 aliphatic heterocycles. The van der Waals surface area contributed by atoms with Crippen molar-refractivity contribution in [3.63, 3.8) is 0 Å². The van der Waals surface area contributed by atoms with Crippen molar-refractivity contribution in [3.05, 3.63) is 35.4 Å². The van der Waals surface area contributed by atoms with Gasteiger partial charge in [-0.3, -0.25) is 4.79 Å². The lowest BCUT2D eigenvalue weighted by Crippen LogP contribution is -2.27. The zero-order valence-electron chi connectivity index (χ0n) is 9.51. The predicted molar refractivity (Wildman–Crippen MR) is 55.7 cm³/mol. The Balaban J connectivity index is 2.49. The second-order valence-corrected chi connectivity index (χ2v) is 3.46. The Morgan fingerprint density at radius 3 is 2.26 bits per heavy atom. The molecule has 0 radical (unpaired) electrons. The van der Waals surface area contributed by atoms with Gasteiger partial charge < -0.3 is 10.1 Å². The maximum atomic E-state index is 12.3. The Morgan fingerprint density at radius 2 is 1.79 bits per heavy atom. The summed E-state index contributed by atoms with van der Waals surface area (Å²) < 4.78 is 63.9. The van der Waals surface area contributed by atoms with Crippen molar-refractivity contribution in [2.75, 3.05) is 13.2 Å². The first-order valence-electron chi connectivity index (χ1n) is 5.16. The van der Waals surface area contributed by atoms with Crippen molar-refractivity contribution in [2.45, 2.75) is 12.8 Å². The molecule has 106 valence electrons. The fraction of sp³-hybridized carbons (Fsp3) is 0.364. The molecule has 0 aliphatic rings. The van der Waals surface area contributed by atoms with Crippen LogP contribution in [-0.4, -0.2) is 25.7 Å². The monoisotopic (exact) mass is 283 g/mol. The van der Waals surface area contributed by atoms with Gasteiger partial charge in [-0.2, -0.15) is 22.0 Å². The molecule has 1 aromatic carbocycles. The summed E-state index contributed by atoms with van der Waals surface area (Å²) in [6.45, 7) is -3.48. The Labute approximate surface area is 105 Å². The van der Waals surface area contributed by atoms with Gasteiger partial charge in [0, 0.05) is 12.1 Å². The molecule has 0 aliphatic carbocycles. The molecule has 0 unspecified atom stereocenters. The number of carbonyl (C=O) groups is 1. The summed E-state index contributed by atoms with van der Waals surface area (Å²) in [4.78, 5) is 11.4. The largest absolute Gasteiger partial charge is 0.416 e. The van der Waals surface area contributed by atoms with Gasteiger partial charge in [-0.25, -0.2) is 0 Å². The molecule has 0 spiro atoms. The fourth-order valence-electron chi connectivity index (χ4n) is 1.23. The molecule has 0 heterocycles. The van der Waals surface area contributed by atoms with E-state index in [4.69, 9.17) is 0 Å². The maximum absolute atomic E-state index is 12.3. The molecule has 0 aromatic heterocycles. The number of hydrogen-bond acceptors (Lipinski definition) is 2. The number of nitrogens with one attached hydrogen (secondary N) is 1. The highest BCUT2D eigenvalue weighted by Crippen LogP contribution is 2.28. The first-order valence-corrected chi connectivity index (χ1v) is 5.16. The Kier molecular flexibility index (Phi) is 5.22. The zero-order valence-corrected chi connectivity index (χ0v) is 9.51. The number of carbonyl (C=O) groups excluding carboxylic acids is 1. The van der Waals surface area contributed by atoms with Crippen LogP contribution >= 0.6 is 0 Å². The van der Waals surface area contributed by atoms with Crippen LogP contribution in [0.15, 0.2) is 24.3 Å². The fourth-order valence-corrected chi connectivity index (χ4v) is 1.23. The highest BCUT2D eigenvalue weighted by molar-refractivity contribution is 5.94. The number of halogens is 5. The Hall–Kier alpha value is -1.70. The highest BCUT2D eigenvalue weighted by Gasteiger charge is 2.30. The number of ether oxygens (including phenoxy) is 1. The summed E-state index contributed by atoms with van der Waals surface area (Å²) in [6, 6.07) is 3.55. The summed E-state index contributed by atoms with van der Waals surface area (Å²) in [5.74, 6) is -0.661. The van der Waals surface area contributed by atoms with Gasteiger partial charge in [0.25, 0.3) is 5.91 Å². The van der Waals surface area contributed by atoms with Crippen molar-refractivity contribution < 1.29 is 31.5 Å². The summed E-state index contributed by atoms with van der Waals surface area (Å²) in [5, 5.41) is 2.23. The number of benzene rings is 1. The molecule has 1 aromatic rings. The molecule has 8 heteroatoms. The second-order valence-electron chi connectivity index (χ2n) is 3.46. The smallest absolute Gasteiger partial charge is 0.350 e. The van der Waals surface area contributed by atoms with Gasteiger partial charge in [0.15, 0.2) is 0 Å². The van der Waals surface area contributed by atoms with Crippen LogP contribution < -0.4 is 5.32 Å². The van der Waals surface area contributed by atoms with Gasteiger partial charge in [-0.15, -0.1) is 0 Å². The molecule has 3 nitrogen and oxygen atoms in total. The van der Waals surface area contributed by atoms with E-state index in [1.165, 1.54) is 0 Å². The SMILES string of the molecule is O=C(NCCOC(F)F)c1ccc(C(F)(F)F)cc1. The quantitative estimate of drug-likeness (QED) is 0.666. The summed E-state index contributed by atoms with van der Waals surface area (Å²) >= 11 is 0.